The van der Waals surface area contributed by atoms with Crippen molar-refractivity contribution < 1.29 is 22.9 Å². The summed E-state index contributed by atoms with van der Waals surface area (Å²) in [5, 5.41) is 12.9. The van der Waals surface area contributed by atoms with Crippen molar-refractivity contribution in [2.24, 2.45) is 0 Å². The van der Waals surface area contributed by atoms with Gasteiger partial charge in [0.2, 0.25) is 5.91 Å². The number of carbonyl (C=O) groups excluding carboxylic acids is 1. The lowest BCUT2D eigenvalue weighted by Crippen LogP contribution is -2.46. The molecule has 2 unspecified atom stereocenters. The van der Waals surface area contributed by atoms with Crippen LogP contribution in [0, 0.1) is 0 Å². The molecule has 2 atom stereocenters. The van der Waals surface area contributed by atoms with E-state index in [1.807, 2.05) is 0 Å². The second-order valence-corrected chi connectivity index (χ2v) is 11.5. The number of allylic oxidation sites excluding steroid dienone is 5. The van der Waals surface area contributed by atoms with Crippen LogP contribution in [0.15, 0.2) is 36.5 Å². The van der Waals surface area contributed by atoms with Gasteiger partial charge in [-0.1, -0.05) is 108 Å². The van der Waals surface area contributed by atoms with Crippen molar-refractivity contribution in [1.29, 1.82) is 0 Å². The van der Waals surface area contributed by atoms with Gasteiger partial charge in [0, 0.05) is 6.42 Å². The zero-order valence-corrected chi connectivity index (χ0v) is 24.4. The smallest absolute Gasteiger partial charge is 0.267 e. The minimum absolute atomic E-state index is 0.284. The van der Waals surface area contributed by atoms with E-state index >= 15 is 0 Å². The summed E-state index contributed by atoms with van der Waals surface area (Å²) in [5.74, 6) is -1.00. The topological polar surface area (TPSA) is 104 Å². The standard InChI is InChI=1S/C30H55NO5S/c1-3-5-7-9-10-11-12-13-14-15-16-17-18-19-20-22-24-26-30(33)31-28(27-37(34,35)36)29(32)25-23-21-8-6-4-2/h10-11,13-14,23,25,28-29,32H,3-9,12,15-22,24,26-27H2,1-2H3,(H,31,33)(H,34,35,36)/b11-10-,14-13-,25-23+. The molecule has 0 aliphatic rings. The molecule has 0 aromatic carbocycles. The molecule has 0 bridgehead atoms. The van der Waals surface area contributed by atoms with E-state index in [0.29, 0.717) is 0 Å². The van der Waals surface area contributed by atoms with E-state index in [1.54, 1.807) is 6.08 Å². The van der Waals surface area contributed by atoms with Gasteiger partial charge >= 0.3 is 0 Å². The van der Waals surface area contributed by atoms with Gasteiger partial charge in [-0.05, 0) is 51.4 Å². The molecular formula is C30H55NO5S. The van der Waals surface area contributed by atoms with Crippen LogP contribution < -0.4 is 5.32 Å². The first-order chi connectivity index (χ1) is 17.8. The molecule has 0 saturated carbocycles. The van der Waals surface area contributed by atoms with Crippen LogP contribution in [0.1, 0.15) is 129 Å². The zero-order valence-electron chi connectivity index (χ0n) is 23.6. The summed E-state index contributed by atoms with van der Waals surface area (Å²) in [6.07, 6.45) is 30.2. The van der Waals surface area contributed by atoms with Gasteiger partial charge in [-0.2, -0.15) is 8.42 Å². The Balaban J connectivity index is 3.94. The maximum Gasteiger partial charge on any atom is 0.267 e. The fraction of sp³-hybridized carbons (Fsp3) is 0.767. The fourth-order valence-electron chi connectivity index (χ4n) is 4.06. The number of aliphatic hydroxyl groups excluding tert-OH is 1. The first kappa shape index (κ1) is 35.6. The van der Waals surface area contributed by atoms with Crippen LogP contribution in [-0.4, -0.2) is 41.9 Å². The lowest BCUT2D eigenvalue weighted by atomic mass is 10.1. The van der Waals surface area contributed by atoms with E-state index in [0.717, 1.165) is 64.2 Å². The van der Waals surface area contributed by atoms with Crippen molar-refractivity contribution in [3.05, 3.63) is 36.5 Å². The molecule has 0 aromatic heterocycles. The molecular weight excluding hydrogens is 486 g/mol. The Hall–Kier alpha value is -1.44. The SMILES string of the molecule is CCCCC/C=C\C/C=C\CCCCCCCCCC(=O)NC(CS(=O)(=O)O)C(O)/C=C/CCCCC. The summed E-state index contributed by atoms with van der Waals surface area (Å²) < 4.78 is 31.9. The quantitative estimate of drug-likeness (QED) is 0.0632. The van der Waals surface area contributed by atoms with Gasteiger partial charge in [0.15, 0.2) is 0 Å². The van der Waals surface area contributed by atoms with E-state index < -0.39 is 28.0 Å². The van der Waals surface area contributed by atoms with Crippen molar-refractivity contribution in [2.45, 2.75) is 142 Å². The number of amides is 1. The van der Waals surface area contributed by atoms with E-state index in [-0.39, 0.29) is 12.3 Å². The molecule has 3 N–H and O–H groups in total. The van der Waals surface area contributed by atoms with Crippen LogP contribution in [0.5, 0.6) is 0 Å². The first-order valence-corrected chi connectivity index (χ1v) is 16.3. The normalized spacial score (nSPS) is 14.2. The summed E-state index contributed by atoms with van der Waals surface area (Å²) in [4.78, 5) is 12.3. The van der Waals surface area contributed by atoms with Crippen LogP contribution in [0.2, 0.25) is 0 Å². The number of rotatable bonds is 25. The Morgan fingerprint density at radius 3 is 1.76 bits per heavy atom. The number of hydrogen-bond donors (Lipinski definition) is 3. The monoisotopic (exact) mass is 541 g/mol. The van der Waals surface area contributed by atoms with Gasteiger partial charge in [-0.25, -0.2) is 0 Å². The highest BCUT2D eigenvalue weighted by Crippen LogP contribution is 2.11. The number of hydrogen-bond acceptors (Lipinski definition) is 4. The van der Waals surface area contributed by atoms with E-state index in [2.05, 4.69) is 43.5 Å². The highest BCUT2D eigenvalue weighted by Gasteiger charge is 2.24. The maximum atomic E-state index is 12.3. The van der Waals surface area contributed by atoms with Crippen molar-refractivity contribution in [2.75, 3.05) is 5.75 Å². The van der Waals surface area contributed by atoms with Gasteiger partial charge in [-0.3, -0.25) is 9.35 Å². The third-order valence-electron chi connectivity index (χ3n) is 6.31. The molecule has 37 heavy (non-hydrogen) atoms. The summed E-state index contributed by atoms with van der Waals surface area (Å²) in [6, 6.07) is -1.05. The van der Waals surface area contributed by atoms with Crippen molar-refractivity contribution in [3.63, 3.8) is 0 Å². The third kappa shape index (κ3) is 26.0. The molecule has 1 amide bonds. The summed E-state index contributed by atoms with van der Waals surface area (Å²) in [6.45, 7) is 4.33. The van der Waals surface area contributed by atoms with E-state index in [1.165, 1.54) is 51.0 Å². The Morgan fingerprint density at radius 2 is 1.22 bits per heavy atom. The number of nitrogens with one attached hydrogen (secondary N) is 1. The van der Waals surface area contributed by atoms with E-state index in [9.17, 15) is 22.9 Å². The van der Waals surface area contributed by atoms with Crippen LogP contribution >= 0.6 is 0 Å². The lowest BCUT2D eigenvalue weighted by molar-refractivity contribution is -0.122. The average molecular weight is 542 g/mol. The Morgan fingerprint density at radius 1 is 0.730 bits per heavy atom. The second-order valence-electron chi connectivity index (χ2n) is 10.0. The molecule has 0 radical (unpaired) electrons. The fourth-order valence-corrected chi connectivity index (χ4v) is 4.80. The highest BCUT2D eigenvalue weighted by molar-refractivity contribution is 7.85. The van der Waals surface area contributed by atoms with Crippen molar-refractivity contribution in [1.82, 2.24) is 5.32 Å². The second kappa shape index (κ2) is 24.9. The van der Waals surface area contributed by atoms with Crippen molar-refractivity contribution in [3.8, 4) is 0 Å². The molecule has 0 aromatic rings. The molecule has 7 heteroatoms. The maximum absolute atomic E-state index is 12.3. The molecule has 0 spiro atoms. The summed E-state index contributed by atoms with van der Waals surface area (Å²) in [5.41, 5.74) is 0. The van der Waals surface area contributed by atoms with Gasteiger partial charge in [0.25, 0.3) is 10.1 Å². The molecule has 0 fully saturated rings. The van der Waals surface area contributed by atoms with Crippen LogP contribution in [0.4, 0.5) is 0 Å². The number of carbonyl (C=O) groups is 1. The van der Waals surface area contributed by atoms with Crippen LogP contribution in [-0.2, 0) is 14.9 Å². The Labute approximate surface area is 227 Å². The molecule has 6 nitrogen and oxygen atoms in total. The molecule has 0 rings (SSSR count). The highest BCUT2D eigenvalue weighted by atomic mass is 32.2. The van der Waals surface area contributed by atoms with Crippen LogP contribution in [0.3, 0.4) is 0 Å². The Bertz CT molecular complexity index is 730. The third-order valence-corrected chi connectivity index (χ3v) is 7.09. The first-order valence-electron chi connectivity index (χ1n) is 14.7. The average Bonchev–Trinajstić information content (AvgIpc) is 2.84. The van der Waals surface area contributed by atoms with E-state index in [4.69, 9.17) is 0 Å². The predicted octanol–water partition coefficient (Wildman–Crippen LogP) is 7.45. The molecule has 0 aliphatic carbocycles. The molecule has 0 aliphatic heterocycles. The number of unbranched alkanes of at least 4 members (excludes halogenated alkanes) is 13. The van der Waals surface area contributed by atoms with Crippen molar-refractivity contribution >= 4 is 16.0 Å². The van der Waals surface area contributed by atoms with Gasteiger partial charge < -0.3 is 10.4 Å². The summed E-state index contributed by atoms with van der Waals surface area (Å²) in [7, 11) is -4.32. The molecule has 0 heterocycles. The largest absolute Gasteiger partial charge is 0.387 e. The lowest BCUT2D eigenvalue weighted by Gasteiger charge is -2.21. The predicted molar refractivity (Wildman–Crippen MR) is 156 cm³/mol. The van der Waals surface area contributed by atoms with Gasteiger partial charge in [-0.15, -0.1) is 0 Å². The van der Waals surface area contributed by atoms with Crippen LogP contribution in [0.25, 0.3) is 0 Å². The summed E-state index contributed by atoms with van der Waals surface area (Å²) >= 11 is 0. The molecule has 0 saturated heterocycles. The van der Waals surface area contributed by atoms with Gasteiger partial charge in [0.05, 0.1) is 17.9 Å². The number of aliphatic hydroxyl groups is 1. The zero-order chi connectivity index (χ0) is 27.6. The van der Waals surface area contributed by atoms with Gasteiger partial charge in [0.1, 0.15) is 0 Å². The Kier molecular flexibility index (Phi) is 23.9. The molecule has 216 valence electrons. The minimum atomic E-state index is -4.32. The minimum Gasteiger partial charge on any atom is -0.387 e.